The van der Waals surface area contributed by atoms with Crippen molar-refractivity contribution in [1.29, 1.82) is 0 Å². The highest BCUT2D eigenvalue weighted by molar-refractivity contribution is 7.46. The lowest BCUT2D eigenvalue weighted by Crippen LogP contribution is -2.29. The molecule has 2 N–H and O–H groups in total. The maximum absolute atomic E-state index is 12.4. The van der Waals surface area contributed by atoms with Crippen LogP contribution in [0.1, 0.15) is 225 Å². The summed E-state index contributed by atoms with van der Waals surface area (Å²) in [4.78, 5) is 42.9. The fraction of sp³-hybridized carbons (Fsp3) is 0.905. The Bertz CT molecular complexity index is 830. The van der Waals surface area contributed by atoms with Gasteiger partial charge in [0.1, 0.15) is 6.61 Å². The average molecular weight is 745 g/mol. The number of phosphoric acid groups is 1. The van der Waals surface area contributed by atoms with E-state index in [1.807, 2.05) is 6.08 Å². The molecule has 302 valence electrons. The molecule has 0 fully saturated rings. The Morgan fingerprint density at radius 3 is 1.22 bits per heavy atom. The van der Waals surface area contributed by atoms with E-state index >= 15 is 0 Å². The van der Waals surface area contributed by atoms with E-state index in [9.17, 15) is 14.2 Å². The number of rotatable bonds is 41. The van der Waals surface area contributed by atoms with Gasteiger partial charge >= 0.3 is 19.8 Å². The van der Waals surface area contributed by atoms with Crippen molar-refractivity contribution in [2.45, 2.75) is 231 Å². The van der Waals surface area contributed by atoms with Gasteiger partial charge < -0.3 is 19.3 Å². The zero-order valence-corrected chi connectivity index (χ0v) is 34.0. The van der Waals surface area contributed by atoms with Crippen LogP contribution in [0.3, 0.4) is 0 Å². The van der Waals surface area contributed by atoms with Gasteiger partial charge in [0.25, 0.3) is 0 Å². The van der Waals surface area contributed by atoms with Crippen LogP contribution in [0.15, 0.2) is 12.7 Å². The molecule has 9 heteroatoms. The lowest BCUT2D eigenvalue weighted by molar-refractivity contribution is -0.161. The summed E-state index contributed by atoms with van der Waals surface area (Å²) in [7, 11) is -4.75. The second-order valence-electron chi connectivity index (χ2n) is 14.8. The number of hydrogen-bond donors (Lipinski definition) is 2. The molecule has 0 aliphatic heterocycles. The van der Waals surface area contributed by atoms with Gasteiger partial charge in [-0.25, -0.2) is 4.57 Å². The molecule has 0 rings (SSSR count). The largest absolute Gasteiger partial charge is 0.469 e. The van der Waals surface area contributed by atoms with E-state index in [0.717, 1.165) is 38.5 Å². The summed E-state index contributed by atoms with van der Waals surface area (Å²) >= 11 is 0. The fourth-order valence-corrected chi connectivity index (χ4v) is 6.83. The van der Waals surface area contributed by atoms with Crippen molar-refractivity contribution in [2.75, 3.05) is 13.2 Å². The highest BCUT2D eigenvalue weighted by atomic mass is 31.2. The van der Waals surface area contributed by atoms with Crippen molar-refractivity contribution in [2.24, 2.45) is 0 Å². The Kier molecular flexibility index (Phi) is 37.6. The summed E-state index contributed by atoms with van der Waals surface area (Å²) in [5, 5.41) is 0. The van der Waals surface area contributed by atoms with E-state index in [4.69, 9.17) is 19.3 Å². The maximum Gasteiger partial charge on any atom is 0.469 e. The number of unbranched alkanes of at least 4 members (excludes halogenated alkanes) is 30. The lowest BCUT2D eigenvalue weighted by Gasteiger charge is -2.18. The van der Waals surface area contributed by atoms with Gasteiger partial charge in [-0.1, -0.05) is 193 Å². The average Bonchev–Trinajstić information content (AvgIpc) is 3.10. The summed E-state index contributed by atoms with van der Waals surface area (Å²) in [5.41, 5.74) is 0. The zero-order chi connectivity index (χ0) is 37.5. The van der Waals surface area contributed by atoms with Crippen LogP contribution in [-0.4, -0.2) is 41.0 Å². The molecule has 0 aliphatic carbocycles. The number of phosphoric ester groups is 1. The van der Waals surface area contributed by atoms with Crippen LogP contribution in [-0.2, 0) is 28.2 Å². The number of allylic oxidation sites excluding steroid dienone is 1. The van der Waals surface area contributed by atoms with Crippen LogP contribution in [0.25, 0.3) is 0 Å². The Hall–Kier alpha value is -1.21. The molecule has 0 spiro atoms. The van der Waals surface area contributed by atoms with Crippen LogP contribution in [0.5, 0.6) is 0 Å². The maximum atomic E-state index is 12.4. The lowest BCUT2D eigenvalue weighted by atomic mass is 10.0. The number of esters is 2. The van der Waals surface area contributed by atoms with Gasteiger partial charge in [-0.05, 0) is 25.7 Å². The number of carbonyl (C=O) groups excluding carboxylic acids is 2. The van der Waals surface area contributed by atoms with Crippen molar-refractivity contribution in [3.05, 3.63) is 12.7 Å². The van der Waals surface area contributed by atoms with Gasteiger partial charge in [0.15, 0.2) is 6.10 Å². The minimum absolute atomic E-state index is 0.218. The highest BCUT2D eigenvalue weighted by Gasteiger charge is 2.22. The number of carbonyl (C=O) groups is 2. The second kappa shape index (κ2) is 38.5. The molecule has 0 heterocycles. The topological polar surface area (TPSA) is 119 Å². The van der Waals surface area contributed by atoms with Crippen molar-refractivity contribution in [1.82, 2.24) is 0 Å². The normalized spacial score (nSPS) is 12.2. The summed E-state index contributed by atoms with van der Waals surface area (Å²) in [6.07, 6.45) is 41.1. The first-order chi connectivity index (χ1) is 24.8. The molecule has 0 aromatic heterocycles. The van der Waals surface area contributed by atoms with Crippen LogP contribution in [0, 0.1) is 0 Å². The first kappa shape index (κ1) is 49.8. The van der Waals surface area contributed by atoms with E-state index in [-0.39, 0.29) is 19.4 Å². The van der Waals surface area contributed by atoms with Crippen LogP contribution >= 0.6 is 7.82 Å². The molecule has 0 aliphatic rings. The molecule has 0 bridgehead atoms. The van der Waals surface area contributed by atoms with Crippen LogP contribution in [0.4, 0.5) is 0 Å². The molecule has 0 aromatic carbocycles. The number of ether oxygens (including phenoxy) is 2. The third-order valence-corrected chi connectivity index (χ3v) is 10.2. The molecule has 8 nitrogen and oxygen atoms in total. The predicted molar refractivity (Wildman–Crippen MR) is 212 cm³/mol. The Morgan fingerprint density at radius 1 is 0.529 bits per heavy atom. The van der Waals surface area contributed by atoms with Crippen molar-refractivity contribution < 1.29 is 37.9 Å². The van der Waals surface area contributed by atoms with Gasteiger partial charge in [-0.3, -0.25) is 14.1 Å². The predicted octanol–water partition coefficient (Wildman–Crippen LogP) is 13.0. The van der Waals surface area contributed by atoms with Gasteiger partial charge in [0.05, 0.1) is 6.61 Å². The molecular formula is C42H81O8P. The standard InChI is InChI=1S/C42H81O8P/c1-3-5-7-9-11-13-15-17-19-20-21-23-25-27-29-31-33-35-37-42(44)50-40(39-49-51(45,46)47)38-48-41(43)36-34-32-30-28-26-24-22-18-16-14-12-10-8-6-4-2/h4,40H,2-3,5-39H2,1H3,(H2,45,46,47)/t40-/m1/s1. The van der Waals surface area contributed by atoms with Crippen LogP contribution < -0.4 is 0 Å². The van der Waals surface area contributed by atoms with E-state index in [1.165, 1.54) is 161 Å². The molecule has 1 atom stereocenters. The molecule has 0 saturated heterocycles. The van der Waals surface area contributed by atoms with E-state index in [1.54, 1.807) is 0 Å². The smallest absolute Gasteiger partial charge is 0.462 e. The van der Waals surface area contributed by atoms with Gasteiger partial charge in [0.2, 0.25) is 0 Å². The summed E-state index contributed by atoms with van der Waals surface area (Å²) in [6, 6.07) is 0. The minimum Gasteiger partial charge on any atom is -0.462 e. The summed E-state index contributed by atoms with van der Waals surface area (Å²) in [5.74, 6) is -0.874. The fourth-order valence-electron chi connectivity index (χ4n) is 6.47. The second-order valence-corrected chi connectivity index (χ2v) is 16.0. The van der Waals surface area contributed by atoms with Crippen molar-refractivity contribution >= 4 is 19.8 Å². The summed E-state index contributed by atoms with van der Waals surface area (Å²) < 4.78 is 26.4. The first-order valence-electron chi connectivity index (χ1n) is 21.4. The number of hydrogen-bond acceptors (Lipinski definition) is 6. The van der Waals surface area contributed by atoms with E-state index in [2.05, 4.69) is 18.0 Å². The Balaban J connectivity index is 3.84. The van der Waals surface area contributed by atoms with Gasteiger partial charge in [-0.2, -0.15) is 0 Å². The van der Waals surface area contributed by atoms with Crippen LogP contribution in [0.2, 0.25) is 0 Å². The van der Waals surface area contributed by atoms with E-state index in [0.29, 0.717) is 6.42 Å². The van der Waals surface area contributed by atoms with Gasteiger partial charge in [-0.15, -0.1) is 6.58 Å². The van der Waals surface area contributed by atoms with Gasteiger partial charge in [0, 0.05) is 12.8 Å². The molecule has 0 amide bonds. The summed E-state index contributed by atoms with van der Waals surface area (Å²) in [6.45, 7) is 5.23. The monoisotopic (exact) mass is 745 g/mol. The SMILES string of the molecule is C=CCCCCCCCCCCCCCCCC(=O)OC[C@H](COP(=O)(O)O)OC(=O)CCCCCCCCCCCCCCCCCCCC. The van der Waals surface area contributed by atoms with Crippen molar-refractivity contribution in [3.8, 4) is 0 Å². The van der Waals surface area contributed by atoms with E-state index < -0.39 is 32.5 Å². The molecular weight excluding hydrogens is 663 g/mol. The third kappa shape index (κ3) is 41.4. The molecule has 51 heavy (non-hydrogen) atoms. The molecule has 0 aromatic rings. The van der Waals surface area contributed by atoms with Crippen molar-refractivity contribution in [3.63, 3.8) is 0 Å². The minimum atomic E-state index is -4.75. The Morgan fingerprint density at radius 2 is 0.863 bits per heavy atom. The molecule has 0 radical (unpaired) electrons. The highest BCUT2D eigenvalue weighted by Crippen LogP contribution is 2.36. The zero-order valence-electron chi connectivity index (χ0n) is 33.1. The Labute approximate surface area is 314 Å². The molecule has 0 unspecified atom stereocenters. The third-order valence-electron chi connectivity index (χ3n) is 9.68. The quantitative estimate of drug-likeness (QED) is 0.0275. The molecule has 0 saturated carbocycles. The first-order valence-corrected chi connectivity index (χ1v) is 23.0.